The third-order valence-corrected chi connectivity index (χ3v) is 8.39. The van der Waals surface area contributed by atoms with Crippen LogP contribution in [0.4, 0.5) is 5.69 Å². The van der Waals surface area contributed by atoms with Gasteiger partial charge in [-0.1, -0.05) is 56.4 Å². The number of nitrogens with zero attached hydrogens (tertiary/aromatic N) is 3. The zero-order valence-corrected chi connectivity index (χ0v) is 23.5. The van der Waals surface area contributed by atoms with Gasteiger partial charge >= 0.3 is 0 Å². The van der Waals surface area contributed by atoms with E-state index in [1.807, 2.05) is 46.2 Å². The first-order chi connectivity index (χ1) is 19.2. The molecule has 0 spiro atoms. The van der Waals surface area contributed by atoms with Crippen molar-refractivity contribution in [2.75, 3.05) is 44.2 Å². The maximum atomic E-state index is 13.9. The molecular formula is C33H45N3O3. The Balaban J connectivity index is 1.31. The van der Waals surface area contributed by atoms with Crippen LogP contribution in [0.25, 0.3) is 0 Å². The molecule has 0 bridgehead atoms. The molecule has 3 aliphatic rings. The lowest BCUT2D eigenvalue weighted by atomic mass is 10.1. The van der Waals surface area contributed by atoms with Crippen molar-refractivity contribution in [1.82, 2.24) is 9.80 Å². The Morgan fingerprint density at radius 1 is 0.769 bits per heavy atom. The van der Waals surface area contributed by atoms with Gasteiger partial charge in [0.1, 0.15) is 12.4 Å². The summed E-state index contributed by atoms with van der Waals surface area (Å²) < 4.78 is 6.08. The Kier molecular flexibility index (Phi) is 9.92. The van der Waals surface area contributed by atoms with E-state index in [2.05, 4.69) is 17.0 Å². The summed E-state index contributed by atoms with van der Waals surface area (Å²) >= 11 is 0. The lowest BCUT2D eigenvalue weighted by Gasteiger charge is -2.29. The summed E-state index contributed by atoms with van der Waals surface area (Å²) in [7, 11) is 0. The number of amides is 2. The molecule has 2 amide bonds. The van der Waals surface area contributed by atoms with Gasteiger partial charge < -0.3 is 14.5 Å². The molecule has 1 saturated carbocycles. The predicted octanol–water partition coefficient (Wildman–Crippen LogP) is 6.29. The van der Waals surface area contributed by atoms with Crippen molar-refractivity contribution in [3.63, 3.8) is 0 Å². The molecule has 0 atom stereocenters. The largest absolute Gasteiger partial charge is 0.492 e. The molecular weight excluding hydrogens is 486 g/mol. The van der Waals surface area contributed by atoms with Crippen molar-refractivity contribution in [1.29, 1.82) is 0 Å². The molecule has 39 heavy (non-hydrogen) atoms. The fourth-order valence-corrected chi connectivity index (χ4v) is 5.92. The molecule has 1 saturated heterocycles. The molecule has 1 aliphatic carbocycles. The summed E-state index contributed by atoms with van der Waals surface area (Å²) in [6.45, 7) is 5.85. The Labute approximate surface area is 234 Å². The lowest BCUT2D eigenvalue weighted by molar-refractivity contribution is -0.119. The second-order valence-corrected chi connectivity index (χ2v) is 11.5. The number of ether oxygens (including phenoxy) is 1. The number of piperidine rings is 1. The van der Waals surface area contributed by atoms with E-state index in [1.165, 1.54) is 32.1 Å². The third kappa shape index (κ3) is 7.84. The van der Waals surface area contributed by atoms with E-state index in [9.17, 15) is 9.59 Å². The van der Waals surface area contributed by atoms with Crippen molar-refractivity contribution in [3.05, 3.63) is 59.7 Å². The third-order valence-electron chi connectivity index (χ3n) is 8.39. The first-order valence-electron chi connectivity index (χ1n) is 15.3. The number of para-hydroxylation sites is 1. The van der Waals surface area contributed by atoms with Crippen LogP contribution in [0.2, 0.25) is 0 Å². The van der Waals surface area contributed by atoms with E-state index in [-0.39, 0.29) is 17.7 Å². The normalized spacial score (nSPS) is 19.8. The van der Waals surface area contributed by atoms with Crippen molar-refractivity contribution >= 4 is 17.5 Å². The monoisotopic (exact) mass is 531 g/mol. The van der Waals surface area contributed by atoms with Crippen LogP contribution >= 0.6 is 0 Å². The summed E-state index contributed by atoms with van der Waals surface area (Å²) in [6.07, 6.45) is 12.5. The van der Waals surface area contributed by atoms with Crippen LogP contribution in [0.15, 0.2) is 48.5 Å². The molecule has 2 aromatic carbocycles. The second-order valence-electron chi connectivity index (χ2n) is 11.5. The fraction of sp³-hybridized carbons (Fsp3) is 0.576. The van der Waals surface area contributed by atoms with Crippen molar-refractivity contribution in [3.8, 4) is 5.75 Å². The number of fused-ring (bicyclic) bond motifs is 1. The first-order valence-corrected chi connectivity index (χ1v) is 15.3. The van der Waals surface area contributed by atoms with E-state index >= 15 is 0 Å². The number of likely N-dealkylation sites (tertiary alicyclic amines) is 1. The van der Waals surface area contributed by atoms with E-state index in [1.54, 1.807) is 0 Å². The highest BCUT2D eigenvalue weighted by Crippen LogP contribution is 2.34. The minimum atomic E-state index is 0.0289. The van der Waals surface area contributed by atoms with Crippen molar-refractivity contribution in [2.45, 2.75) is 77.2 Å². The van der Waals surface area contributed by atoms with Gasteiger partial charge in [0.2, 0.25) is 5.91 Å². The number of carbonyl (C=O) groups excluding carboxylic acids is 2. The smallest absolute Gasteiger partial charge is 0.254 e. The Bertz CT molecular complexity index is 1090. The number of carbonyl (C=O) groups is 2. The quantitative estimate of drug-likeness (QED) is 0.440. The van der Waals surface area contributed by atoms with Gasteiger partial charge in [-0.25, -0.2) is 0 Å². The number of hydrogen-bond donors (Lipinski definition) is 0. The maximum absolute atomic E-state index is 13.9. The second kappa shape index (κ2) is 14.0. The molecule has 0 radical (unpaired) electrons. The summed E-state index contributed by atoms with van der Waals surface area (Å²) in [6, 6.07) is 15.9. The van der Waals surface area contributed by atoms with E-state index in [0.717, 1.165) is 81.7 Å². The first kappa shape index (κ1) is 27.7. The van der Waals surface area contributed by atoms with E-state index in [4.69, 9.17) is 4.74 Å². The number of rotatable bonds is 6. The average molecular weight is 532 g/mol. The molecule has 0 N–H and O–H groups in total. The maximum Gasteiger partial charge on any atom is 0.254 e. The Morgan fingerprint density at radius 2 is 1.46 bits per heavy atom. The van der Waals surface area contributed by atoms with Crippen LogP contribution in [0.1, 0.15) is 86.6 Å². The molecule has 2 aliphatic heterocycles. The van der Waals surface area contributed by atoms with Crippen LogP contribution in [-0.4, -0.2) is 60.9 Å². The fourth-order valence-electron chi connectivity index (χ4n) is 5.92. The van der Waals surface area contributed by atoms with Crippen LogP contribution in [-0.2, 0) is 11.3 Å². The lowest BCUT2D eigenvalue weighted by Crippen LogP contribution is -2.36. The van der Waals surface area contributed by atoms with Gasteiger partial charge in [-0.2, -0.15) is 0 Å². The SMILES string of the molecule is O=C(c1cccc(OCCN2CCCCC2)c1)N1CCCCCCCCN(C(=O)C2CC2)c2ccccc2C1. The van der Waals surface area contributed by atoms with Crippen LogP contribution < -0.4 is 9.64 Å². The van der Waals surface area contributed by atoms with Crippen LogP contribution in [0.3, 0.4) is 0 Å². The van der Waals surface area contributed by atoms with Crippen LogP contribution in [0.5, 0.6) is 5.75 Å². The summed E-state index contributed by atoms with van der Waals surface area (Å²) in [4.78, 5) is 33.6. The van der Waals surface area contributed by atoms with Gasteiger partial charge in [-0.05, 0) is 81.4 Å². The zero-order chi connectivity index (χ0) is 26.9. The van der Waals surface area contributed by atoms with E-state index < -0.39 is 0 Å². The number of hydrogen-bond acceptors (Lipinski definition) is 4. The summed E-state index contributed by atoms with van der Waals surface area (Å²) in [5.74, 6) is 1.21. The number of benzene rings is 2. The van der Waals surface area contributed by atoms with Gasteiger partial charge in [0, 0.05) is 43.3 Å². The molecule has 6 nitrogen and oxygen atoms in total. The van der Waals surface area contributed by atoms with E-state index in [0.29, 0.717) is 25.3 Å². The molecule has 0 aromatic heterocycles. The molecule has 2 fully saturated rings. The molecule has 210 valence electrons. The van der Waals surface area contributed by atoms with Crippen molar-refractivity contribution < 1.29 is 14.3 Å². The van der Waals surface area contributed by atoms with Gasteiger partial charge in [-0.15, -0.1) is 0 Å². The molecule has 5 rings (SSSR count). The highest BCUT2D eigenvalue weighted by Gasteiger charge is 2.34. The Morgan fingerprint density at radius 3 is 2.26 bits per heavy atom. The summed E-state index contributed by atoms with van der Waals surface area (Å²) in [5.41, 5.74) is 2.69. The van der Waals surface area contributed by atoms with Gasteiger partial charge in [0.15, 0.2) is 0 Å². The highest BCUT2D eigenvalue weighted by molar-refractivity contribution is 5.97. The molecule has 2 aromatic rings. The molecule has 6 heteroatoms. The van der Waals surface area contributed by atoms with Crippen molar-refractivity contribution in [2.24, 2.45) is 5.92 Å². The predicted molar refractivity (Wildman–Crippen MR) is 156 cm³/mol. The Hall–Kier alpha value is -2.86. The molecule has 0 unspecified atom stereocenters. The summed E-state index contributed by atoms with van der Waals surface area (Å²) in [5, 5.41) is 0. The van der Waals surface area contributed by atoms with Gasteiger partial charge in [-0.3, -0.25) is 14.5 Å². The highest BCUT2D eigenvalue weighted by atomic mass is 16.5. The topological polar surface area (TPSA) is 53.1 Å². The van der Waals surface area contributed by atoms with Gasteiger partial charge in [0.25, 0.3) is 5.91 Å². The molecule has 2 heterocycles. The van der Waals surface area contributed by atoms with Crippen LogP contribution in [0, 0.1) is 5.92 Å². The standard InChI is InChI=1S/C33H45N3O3/c37-32(28-14-12-15-30(25-28)39-24-23-34-19-8-5-9-20-34)35-21-10-3-1-2-4-11-22-36(33(38)27-17-18-27)31-16-7-6-13-29(31)26-35/h6-7,12-16,25,27H,1-5,8-11,17-24,26H2. The average Bonchev–Trinajstić information content (AvgIpc) is 3.82. The zero-order valence-electron chi connectivity index (χ0n) is 23.5. The van der Waals surface area contributed by atoms with Gasteiger partial charge in [0.05, 0.1) is 0 Å². The minimum Gasteiger partial charge on any atom is -0.492 e. The number of anilines is 1. The minimum absolute atomic E-state index is 0.0289.